The van der Waals surface area contributed by atoms with Crippen molar-refractivity contribution >= 4 is 33.1 Å². The average Bonchev–Trinajstić information content (AvgIpc) is 3.19. The van der Waals surface area contributed by atoms with Crippen LogP contribution in [-0.2, 0) is 32.2 Å². The Balaban J connectivity index is 1.60. The second-order valence-corrected chi connectivity index (χ2v) is 9.83. The monoisotopic (exact) mass is 371 g/mol. The third-order valence-electron chi connectivity index (χ3n) is 4.68. The summed E-state index contributed by atoms with van der Waals surface area (Å²) >= 11 is 1.44. The fourth-order valence-electron chi connectivity index (χ4n) is 3.25. The lowest BCUT2D eigenvalue weighted by atomic mass is 10.2. The number of rotatable bonds is 4. The molecule has 1 fully saturated rings. The molecule has 2 atom stereocenters. The highest BCUT2D eigenvalue weighted by Gasteiger charge is 2.35. The fourth-order valence-corrected chi connectivity index (χ4v) is 6.16. The zero-order valence-electron chi connectivity index (χ0n) is 13.8. The van der Waals surface area contributed by atoms with Gasteiger partial charge in [0.05, 0.1) is 11.5 Å². The number of hydrogen-bond donors (Lipinski definition) is 0. The van der Waals surface area contributed by atoms with Crippen LogP contribution in [0.5, 0.6) is 0 Å². The zero-order chi connectivity index (χ0) is 17.5. The Morgan fingerprint density at radius 2 is 2.12 bits per heavy atom. The van der Waals surface area contributed by atoms with E-state index in [0.29, 0.717) is 11.3 Å². The van der Waals surface area contributed by atoms with E-state index < -0.39 is 21.9 Å². The van der Waals surface area contributed by atoms with Crippen LogP contribution in [0.15, 0.2) is 6.07 Å². The third kappa shape index (κ3) is 3.49. The molecule has 0 aromatic carbocycles. The predicted molar refractivity (Wildman–Crippen MR) is 91.1 cm³/mol. The fraction of sp³-hybridized carbons (Fsp3) is 0.625. The molecule has 1 amide bonds. The van der Waals surface area contributed by atoms with Gasteiger partial charge in [-0.25, -0.2) is 13.2 Å². The first-order valence-corrected chi connectivity index (χ1v) is 10.7. The number of aryl methyl sites for hydroxylation is 2. The number of hydrogen-bond acceptors (Lipinski definition) is 6. The Labute approximate surface area is 145 Å². The maximum Gasteiger partial charge on any atom is 0.349 e. The Kier molecular flexibility index (Phi) is 4.70. The van der Waals surface area contributed by atoms with Gasteiger partial charge in [-0.05, 0) is 44.2 Å². The van der Waals surface area contributed by atoms with Crippen molar-refractivity contribution < 1.29 is 22.7 Å². The summed E-state index contributed by atoms with van der Waals surface area (Å²) in [6, 6.07) is 1.52. The summed E-state index contributed by atoms with van der Waals surface area (Å²) in [5.74, 6) is -0.769. The van der Waals surface area contributed by atoms with E-state index in [1.165, 1.54) is 33.6 Å². The van der Waals surface area contributed by atoms with Crippen LogP contribution in [0.4, 0.5) is 0 Å². The van der Waals surface area contributed by atoms with Crippen LogP contribution in [0.1, 0.15) is 39.9 Å². The van der Waals surface area contributed by atoms with E-state index in [-0.39, 0.29) is 23.5 Å². The van der Waals surface area contributed by atoms with E-state index >= 15 is 0 Å². The Bertz CT molecular complexity index is 746. The Morgan fingerprint density at radius 3 is 2.75 bits per heavy atom. The lowest BCUT2D eigenvalue weighted by Crippen LogP contribution is -2.44. The van der Waals surface area contributed by atoms with Gasteiger partial charge in [0, 0.05) is 18.0 Å². The topological polar surface area (TPSA) is 80.8 Å². The number of likely N-dealkylation sites (N-methyl/N-ethyl adjacent to an activating group) is 1. The molecule has 1 aromatic heterocycles. The molecule has 0 bridgehead atoms. The molecule has 8 heteroatoms. The summed E-state index contributed by atoms with van der Waals surface area (Å²) in [4.78, 5) is 27.8. The van der Waals surface area contributed by atoms with Crippen molar-refractivity contribution in [2.45, 2.75) is 44.8 Å². The van der Waals surface area contributed by atoms with Crippen LogP contribution in [0.25, 0.3) is 0 Å². The van der Waals surface area contributed by atoms with Gasteiger partial charge < -0.3 is 9.64 Å². The van der Waals surface area contributed by atoms with Crippen LogP contribution in [0, 0.1) is 0 Å². The van der Waals surface area contributed by atoms with Crippen LogP contribution >= 0.6 is 11.3 Å². The predicted octanol–water partition coefficient (Wildman–Crippen LogP) is 1.43. The van der Waals surface area contributed by atoms with Gasteiger partial charge >= 0.3 is 5.97 Å². The minimum absolute atomic E-state index is 0.0203. The summed E-state index contributed by atoms with van der Waals surface area (Å²) in [6.07, 6.45) is 2.62. The van der Waals surface area contributed by atoms with Crippen molar-refractivity contribution in [3.63, 3.8) is 0 Å². The second-order valence-electron chi connectivity index (χ2n) is 6.47. The first kappa shape index (κ1) is 17.4. The smallest absolute Gasteiger partial charge is 0.349 e. The minimum Gasteiger partial charge on any atom is -0.448 e. The molecule has 1 saturated heterocycles. The molecule has 2 aliphatic rings. The molecule has 3 rings (SSSR count). The van der Waals surface area contributed by atoms with Gasteiger partial charge in [0.1, 0.15) is 4.88 Å². The summed E-state index contributed by atoms with van der Waals surface area (Å²) in [7, 11) is -1.50. The van der Waals surface area contributed by atoms with Crippen molar-refractivity contribution in [1.82, 2.24) is 4.90 Å². The molecule has 1 aromatic rings. The van der Waals surface area contributed by atoms with Crippen molar-refractivity contribution in [3.05, 3.63) is 21.4 Å². The number of sulfone groups is 1. The molecule has 0 unspecified atom stereocenters. The standard InChI is InChI=1S/C16H21NO5S2/c1-10(15(18)17(2)12-6-7-24(20,21)9-12)22-16(19)14-8-11-4-3-5-13(11)23-14/h8,10,12H,3-7,9H2,1-2H3/t10-,12-/m1/s1. The largest absolute Gasteiger partial charge is 0.448 e. The third-order valence-corrected chi connectivity index (χ3v) is 7.65. The van der Waals surface area contributed by atoms with Crippen molar-refractivity contribution in [1.29, 1.82) is 0 Å². The lowest BCUT2D eigenvalue weighted by Gasteiger charge is -2.26. The molecule has 0 saturated carbocycles. The molecule has 0 spiro atoms. The zero-order valence-corrected chi connectivity index (χ0v) is 15.4. The molecule has 0 N–H and O–H groups in total. The Hall–Kier alpha value is -1.41. The SMILES string of the molecule is C[C@@H](OC(=O)c1cc2c(s1)CCC2)C(=O)N(C)[C@@H]1CCS(=O)(=O)C1. The Morgan fingerprint density at radius 1 is 1.38 bits per heavy atom. The van der Waals surface area contributed by atoms with Gasteiger partial charge in [0.15, 0.2) is 15.9 Å². The van der Waals surface area contributed by atoms with Crippen LogP contribution in [-0.4, -0.2) is 55.9 Å². The van der Waals surface area contributed by atoms with Crippen molar-refractivity contribution in [2.75, 3.05) is 18.6 Å². The summed E-state index contributed by atoms with van der Waals surface area (Å²) in [6.45, 7) is 1.53. The van der Waals surface area contributed by atoms with Gasteiger partial charge in [-0.15, -0.1) is 11.3 Å². The maximum atomic E-state index is 12.4. The molecule has 132 valence electrons. The number of amides is 1. The minimum atomic E-state index is -3.06. The van der Waals surface area contributed by atoms with Gasteiger partial charge in [-0.3, -0.25) is 4.79 Å². The summed E-state index contributed by atoms with van der Waals surface area (Å²) in [5, 5.41) is 0. The molecule has 1 aliphatic heterocycles. The molecule has 1 aliphatic carbocycles. The van der Waals surface area contributed by atoms with E-state index in [1.54, 1.807) is 7.05 Å². The van der Waals surface area contributed by atoms with E-state index in [4.69, 9.17) is 4.74 Å². The maximum absolute atomic E-state index is 12.4. The van der Waals surface area contributed by atoms with Crippen molar-refractivity contribution in [2.24, 2.45) is 0 Å². The first-order valence-electron chi connectivity index (χ1n) is 8.06. The number of carbonyl (C=O) groups excluding carboxylic acids is 2. The van der Waals surface area contributed by atoms with Gasteiger partial charge in [-0.2, -0.15) is 0 Å². The van der Waals surface area contributed by atoms with E-state index in [0.717, 1.165) is 19.3 Å². The summed E-state index contributed by atoms with van der Waals surface area (Å²) in [5.41, 5.74) is 1.21. The van der Waals surface area contributed by atoms with Crippen molar-refractivity contribution in [3.8, 4) is 0 Å². The van der Waals surface area contributed by atoms with Gasteiger partial charge in [0.2, 0.25) is 0 Å². The highest BCUT2D eigenvalue weighted by molar-refractivity contribution is 7.91. The summed E-state index contributed by atoms with van der Waals surface area (Å²) < 4.78 is 28.4. The van der Waals surface area contributed by atoms with Crippen LogP contribution in [0.2, 0.25) is 0 Å². The van der Waals surface area contributed by atoms with E-state index in [9.17, 15) is 18.0 Å². The molecular weight excluding hydrogens is 350 g/mol. The number of thiophene rings is 1. The number of carbonyl (C=O) groups is 2. The first-order chi connectivity index (χ1) is 11.3. The molecular formula is C16H21NO5S2. The van der Waals surface area contributed by atoms with E-state index in [1.807, 2.05) is 6.07 Å². The lowest BCUT2D eigenvalue weighted by molar-refractivity contribution is -0.140. The van der Waals surface area contributed by atoms with Gasteiger partial charge in [0.25, 0.3) is 5.91 Å². The molecule has 24 heavy (non-hydrogen) atoms. The number of esters is 1. The molecule has 0 radical (unpaired) electrons. The average molecular weight is 371 g/mol. The highest BCUT2D eigenvalue weighted by atomic mass is 32.2. The normalized spacial score (nSPS) is 22.8. The number of fused-ring (bicyclic) bond motifs is 1. The second kappa shape index (κ2) is 6.48. The van der Waals surface area contributed by atoms with Crippen LogP contribution in [0.3, 0.4) is 0 Å². The number of nitrogens with zero attached hydrogens (tertiary/aromatic N) is 1. The molecule has 6 nitrogen and oxygen atoms in total. The van der Waals surface area contributed by atoms with E-state index in [2.05, 4.69) is 0 Å². The quantitative estimate of drug-likeness (QED) is 0.748. The van der Waals surface area contributed by atoms with Gasteiger partial charge in [-0.1, -0.05) is 0 Å². The number of ether oxygens (including phenoxy) is 1. The van der Waals surface area contributed by atoms with Crippen LogP contribution < -0.4 is 0 Å². The highest BCUT2D eigenvalue weighted by Crippen LogP contribution is 2.31. The molecule has 2 heterocycles.